The van der Waals surface area contributed by atoms with Gasteiger partial charge in [0.2, 0.25) is 0 Å². The van der Waals surface area contributed by atoms with Crippen molar-refractivity contribution in [3.05, 3.63) is 54.5 Å². The Bertz CT molecular complexity index is 722. The molecule has 0 aliphatic carbocycles. The van der Waals surface area contributed by atoms with Crippen LogP contribution in [0.4, 0.5) is 0 Å². The molecule has 0 aliphatic rings. The van der Waals surface area contributed by atoms with Crippen LogP contribution in [0.25, 0.3) is 17.2 Å². The van der Waals surface area contributed by atoms with Crippen molar-refractivity contribution < 1.29 is 5.11 Å². The van der Waals surface area contributed by atoms with Gasteiger partial charge in [-0.15, -0.1) is 5.10 Å². The van der Waals surface area contributed by atoms with Gasteiger partial charge in [-0.25, -0.2) is 9.97 Å². The third kappa shape index (κ3) is 2.14. The first-order valence-electron chi connectivity index (χ1n) is 6.45. The van der Waals surface area contributed by atoms with Gasteiger partial charge >= 0.3 is 0 Å². The van der Waals surface area contributed by atoms with E-state index in [1.54, 1.807) is 23.0 Å². The molecule has 0 fully saturated rings. The van der Waals surface area contributed by atoms with Crippen molar-refractivity contribution >= 4 is 0 Å². The summed E-state index contributed by atoms with van der Waals surface area (Å²) < 4.78 is 1.66. The summed E-state index contributed by atoms with van der Waals surface area (Å²) in [6.07, 6.45) is 2.43. The largest absolute Gasteiger partial charge is 0.507 e. The van der Waals surface area contributed by atoms with E-state index in [1.165, 1.54) is 0 Å². The Balaban J connectivity index is 2.21. The van der Waals surface area contributed by atoms with Crippen LogP contribution in [0.2, 0.25) is 0 Å². The second-order valence-corrected chi connectivity index (χ2v) is 4.32. The van der Waals surface area contributed by atoms with Crippen LogP contribution in [0, 0.1) is 0 Å². The van der Waals surface area contributed by atoms with Crippen LogP contribution in [0.1, 0.15) is 12.7 Å². The predicted octanol–water partition coefficient (Wildman–Crippen LogP) is 2.60. The van der Waals surface area contributed by atoms with Gasteiger partial charge in [-0.05, 0) is 24.3 Å². The minimum Gasteiger partial charge on any atom is -0.507 e. The lowest BCUT2D eigenvalue weighted by Gasteiger charge is -2.06. The summed E-state index contributed by atoms with van der Waals surface area (Å²) in [5.74, 6) is 2.17. The topological polar surface area (TPSA) is 63.8 Å². The zero-order chi connectivity index (χ0) is 13.9. The number of para-hydroxylation sites is 1. The highest BCUT2D eigenvalue weighted by Crippen LogP contribution is 2.28. The Hall–Kier alpha value is -2.69. The van der Waals surface area contributed by atoms with Gasteiger partial charge in [0.15, 0.2) is 17.5 Å². The molecule has 2 aromatic heterocycles. The normalized spacial score (nSPS) is 10.7. The molecule has 2 heterocycles. The van der Waals surface area contributed by atoms with E-state index in [2.05, 4.69) is 15.1 Å². The van der Waals surface area contributed by atoms with Gasteiger partial charge in [0.05, 0.1) is 5.56 Å². The van der Waals surface area contributed by atoms with Crippen LogP contribution < -0.4 is 0 Å². The lowest BCUT2D eigenvalue weighted by Crippen LogP contribution is -2.02. The SMILES string of the molecule is CCc1nc(-c2ccccc2O)n(-c2ccccn2)n1. The van der Waals surface area contributed by atoms with Crippen LogP contribution in [0.3, 0.4) is 0 Å². The first kappa shape index (κ1) is 12.3. The number of hydrogen-bond acceptors (Lipinski definition) is 4. The van der Waals surface area contributed by atoms with E-state index in [-0.39, 0.29) is 5.75 Å². The number of aromatic nitrogens is 4. The van der Waals surface area contributed by atoms with E-state index < -0.39 is 0 Å². The summed E-state index contributed by atoms with van der Waals surface area (Å²) in [6.45, 7) is 1.99. The monoisotopic (exact) mass is 266 g/mol. The minimum atomic E-state index is 0.180. The summed E-state index contributed by atoms with van der Waals surface area (Å²) in [7, 11) is 0. The average molecular weight is 266 g/mol. The molecule has 1 N–H and O–H groups in total. The zero-order valence-electron chi connectivity index (χ0n) is 11.1. The van der Waals surface area contributed by atoms with Crippen LogP contribution in [-0.4, -0.2) is 24.9 Å². The van der Waals surface area contributed by atoms with E-state index in [9.17, 15) is 5.11 Å². The minimum absolute atomic E-state index is 0.180. The standard InChI is InChI=1S/C15H14N4O/c1-2-13-17-15(11-7-3-4-8-12(11)20)19(18-13)14-9-5-6-10-16-14/h3-10,20H,2H2,1H3. The van der Waals surface area contributed by atoms with E-state index in [0.717, 1.165) is 6.42 Å². The summed E-state index contributed by atoms with van der Waals surface area (Å²) in [6, 6.07) is 12.7. The molecule has 0 aliphatic heterocycles. The van der Waals surface area contributed by atoms with Crippen molar-refractivity contribution in [3.63, 3.8) is 0 Å². The van der Waals surface area contributed by atoms with Gasteiger partial charge in [-0.2, -0.15) is 4.68 Å². The fraction of sp³-hybridized carbons (Fsp3) is 0.133. The van der Waals surface area contributed by atoms with Crippen LogP contribution in [-0.2, 0) is 6.42 Å². The second-order valence-electron chi connectivity index (χ2n) is 4.32. The average Bonchev–Trinajstić information content (AvgIpc) is 2.93. The van der Waals surface area contributed by atoms with Gasteiger partial charge in [0.1, 0.15) is 5.75 Å². The first-order valence-corrected chi connectivity index (χ1v) is 6.45. The van der Waals surface area contributed by atoms with Gasteiger partial charge < -0.3 is 5.11 Å². The van der Waals surface area contributed by atoms with Gasteiger partial charge in [-0.1, -0.05) is 25.1 Å². The van der Waals surface area contributed by atoms with Crippen molar-refractivity contribution in [2.75, 3.05) is 0 Å². The van der Waals surface area contributed by atoms with E-state index in [1.807, 2.05) is 37.3 Å². The Morgan fingerprint density at radius 2 is 1.90 bits per heavy atom. The third-order valence-corrected chi connectivity index (χ3v) is 2.98. The number of nitrogens with zero attached hydrogens (tertiary/aromatic N) is 4. The molecule has 0 unspecified atom stereocenters. The third-order valence-electron chi connectivity index (χ3n) is 2.98. The Morgan fingerprint density at radius 1 is 1.10 bits per heavy atom. The Morgan fingerprint density at radius 3 is 2.60 bits per heavy atom. The van der Waals surface area contributed by atoms with Crippen molar-refractivity contribution in [2.24, 2.45) is 0 Å². The number of phenols is 1. The molecule has 0 spiro atoms. The molecular weight excluding hydrogens is 252 g/mol. The zero-order valence-corrected chi connectivity index (χ0v) is 11.1. The fourth-order valence-electron chi connectivity index (χ4n) is 1.98. The van der Waals surface area contributed by atoms with E-state index in [4.69, 9.17) is 0 Å². The fourth-order valence-corrected chi connectivity index (χ4v) is 1.98. The number of aromatic hydroxyl groups is 1. The quantitative estimate of drug-likeness (QED) is 0.791. The molecular formula is C15H14N4O. The number of aryl methyl sites for hydroxylation is 1. The van der Waals surface area contributed by atoms with Crippen molar-refractivity contribution in [1.82, 2.24) is 19.7 Å². The summed E-state index contributed by atoms with van der Waals surface area (Å²) >= 11 is 0. The van der Waals surface area contributed by atoms with E-state index >= 15 is 0 Å². The maximum absolute atomic E-state index is 10.0. The number of phenolic OH excluding ortho intramolecular Hbond substituents is 1. The molecule has 5 nitrogen and oxygen atoms in total. The predicted molar refractivity (Wildman–Crippen MR) is 75.6 cm³/mol. The Kier molecular flexibility index (Phi) is 3.16. The molecule has 1 aromatic carbocycles. The van der Waals surface area contributed by atoms with Crippen LogP contribution >= 0.6 is 0 Å². The summed E-state index contributed by atoms with van der Waals surface area (Å²) in [4.78, 5) is 8.78. The molecule has 0 atom stereocenters. The van der Waals surface area contributed by atoms with E-state index in [0.29, 0.717) is 23.0 Å². The van der Waals surface area contributed by atoms with Crippen molar-refractivity contribution in [2.45, 2.75) is 13.3 Å². The van der Waals surface area contributed by atoms with Crippen LogP contribution in [0.15, 0.2) is 48.7 Å². The van der Waals surface area contributed by atoms with Gasteiger partial charge in [-0.3, -0.25) is 0 Å². The molecule has 20 heavy (non-hydrogen) atoms. The maximum atomic E-state index is 10.0. The van der Waals surface area contributed by atoms with Crippen LogP contribution in [0.5, 0.6) is 5.75 Å². The molecule has 0 amide bonds. The molecule has 5 heteroatoms. The summed E-state index contributed by atoms with van der Waals surface area (Å²) in [5, 5.41) is 14.5. The number of hydrogen-bond donors (Lipinski definition) is 1. The molecule has 0 bridgehead atoms. The number of pyridine rings is 1. The van der Waals surface area contributed by atoms with Crippen molar-refractivity contribution in [1.29, 1.82) is 0 Å². The lowest BCUT2D eigenvalue weighted by atomic mass is 10.2. The van der Waals surface area contributed by atoms with Gasteiger partial charge in [0, 0.05) is 12.6 Å². The molecule has 3 rings (SSSR count). The molecule has 0 saturated carbocycles. The van der Waals surface area contributed by atoms with Crippen molar-refractivity contribution in [3.8, 4) is 23.0 Å². The highest BCUT2D eigenvalue weighted by atomic mass is 16.3. The molecule has 3 aromatic rings. The molecule has 0 saturated heterocycles. The summed E-state index contributed by atoms with van der Waals surface area (Å²) in [5.41, 5.74) is 0.644. The highest BCUT2D eigenvalue weighted by Gasteiger charge is 2.15. The maximum Gasteiger partial charge on any atom is 0.169 e. The Labute approximate surface area is 116 Å². The smallest absolute Gasteiger partial charge is 0.169 e. The van der Waals surface area contributed by atoms with Gasteiger partial charge in [0.25, 0.3) is 0 Å². The molecule has 0 radical (unpaired) electrons. The number of rotatable bonds is 3. The lowest BCUT2D eigenvalue weighted by molar-refractivity contribution is 0.476. The first-order chi connectivity index (χ1) is 9.79. The molecule has 100 valence electrons. The second kappa shape index (κ2) is 5.13. The number of benzene rings is 1. The highest BCUT2D eigenvalue weighted by molar-refractivity contribution is 5.65.